The molecule has 0 bridgehead atoms. The second-order valence-corrected chi connectivity index (χ2v) is 5.93. The van der Waals surface area contributed by atoms with Crippen molar-refractivity contribution < 1.29 is 23.1 Å². The van der Waals surface area contributed by atoms with Crippen LogP contribution in [0.5, 0.6) is 0 Å². The van der Waals surface area contributed by atoms with Gasteiger partial charge in [-0.2, -0.15) is 4.99 Å². The van der Waals surface area contributed by atoms with E-state index in [0.29, 0.717) is 0 Å². The summed E-state index contributed by atoms with van der Waals surface area (Å²) in [4.78, 5) is 15.0. The minimum absolute atomic E-state index is 0.0458. The molecule has 104 valence electrons. The third kappa shape index (κ3) is 4.59. The standard InChI is InChI=1S/C12H16NO5P/c1-10(19(15,16-2)17-3)13-12(14)18-9-11-7-5-4-6-8-11/h4-8H,9H2,1-3H3. The largest absolute Gasteiger partial charge is 0.443 e. The highest BCUT2D eigenvalue weighted by molar-refractivity contribution is 7.72. The zero-order valence-corrected chi connectivity index (χ0v) is 11.9. The van der Waals surface area contributed by atoms with Crippen LogP contribution in [0.1, 0.15) is 12.5 Å². The molecule has 0 aromatic heterocycles. The summed E-state index contributed by atoms with van der Waals surface area (Å²) in [7, 11) is -1.03. The van der Waals surface area contributed by atoms with E-state index >= 15 is 0 Å². The van der Waals surface area contributed by atoms with Crippen molar-refractivity contribution in [3.8, 4) is 0 Å². The number of aliphatic imine (C=N–C) groups is 1. The number of rotatable bonds is 5. The molecular weight excluding hydrogens is 269 g/mol. The zero-order chi connectivity index (χ0) is 14.3. The molecule has 0 radical (unpaired) electrons. The van der Waals surface area contributed by atoms with E-state index in [1.807, 2.05) is 30.3 Å². The van der Waals surface area contributed by atoms with E-state index in [1.54, 1.807) is 0 Å². The first-order chi connectivity index (χ1) is 9.01. The number of benzene rings is 1. The second-order valence-electron chi connectivity index (χ2n) is 3.56. The van der Waals surface area contributed by atoms with Crippen molar-refractivity contribution in [2.24, 2.45) is 4.99 Å². The summed E-state index contributed by atoms with van der Waals surface area (Å²) in [5.74, 6) is 0. The van der Waals surface area contributed by atoms with Crippen LogP contribution in [0, 0.1) is 0 Å². The minimum Gasteiger partial charge on any atom is -0.443 e. The third-order valence-electron chi connectivity index (χ3n) is 2.34. The van der Waals surface area contributed by atoms with Gasteiger partial charge in [-0.05, 0) is 12.5 Å². The highest BCUT2D eigenvalue weighted by Crippen LogP contribution is 2.47. The smallest absolute Gasteiger partial charge is 0.434 e. The maximum Gasteiger partial charge on any atom is 0.434 e. The Morgan fingerprint density at radius 3 is 2.32 bits per heavy atom. The summed E-state index contributed by atoms with van der Waals surface area (Å²) >= 11 is 0. The lowest BCUT2D eigenvalue weighted by atomic mass is 10.2. The SMILES string of the molecule is COP(=O)(OC)C(C)=NC(=O)OCc1ccccc1. The topological polar surface area (TPSA) is 74.2 Å². The van der Waals surface area contributed by atoms with E-state index in [-0.39, 0.29) is 12.1 Å². The highest BCUT2D eigenvalue weighted by atomic mass is 31.2. The molecule has 6 nitrogen and oxygen atoms in total. The lowest BCUT2D eigenvalue weighted by Crippen LogP contribution is -2.05. The fourth-order valence-corrected chi connectivity index (χ4v) is 2.17. The van der Waals surface area contributed by atoms with E-state index < -0.39 is 13.7 Å². The van der Waals surface area contributed by atoms with E-state index in [2.05, 4.69) is 4.99 Å². The van der Waals surface area contributed by atoms with Crippen molar-refractivity contribution in [2.75, 3.05) is 14.2 Å². The normalized spacial score (nSPS) is 12.3. The van der Waals surface area contributed by atoms with Crippen LogP contribution in [0.25, 0.3) is 0 Å². The molecule has 1 aromatic carbocycles. The molecule has 0 aliphatic rings. The first-order valence-electron chi connectivity index (χ1n) is 5.50. The Balaban J connectivity index is 2.62. The molecule has 0 fully saturated rings. The van der Waals surface area contributed by atoms with Crippen molar-refractivity contribution in [1.29, 1.82) is 0 Å². The fraction of sp³-hybridized carbons (Fsp3) is 0.333. The summed E-state index contributed by atoms with van der Waals surface area (Å²) in [5, 5.41) is 0. The van der Waals surface area contributed by atoms with E-state index in [1.165, 1.54) is 21.1 Å². The number of hydrogen-bond acceptors (Lipinski definition) is 5. The van der Waals surface area contributed by atoms with Crippen molar-refractivity contribution >= 4 is 19.1 Å². The lowest BCUT2D eigenvalue weighted by Gasteiger charge is -2.12. The van der Waals surface area contributed by atoms with Gasteiger partial charge in [-0.25, -0.2) is 4.79 Å². The summed E-state index contributed by atoms with van der Waals surface area (Å²) in [6, 6.07) is 9.17. The van der Waals surface area contributed by atoms with Gasteiger partial charge in [0.15, 0.2) is 0 Å². The van der Waals surface area contributed by atoms with Gasteiger partial charge in [-0.3, -0.25) is 4.57 Å². The van der Waals surface area contributed by atoms with Gasteiger partial charge in [0.1, 0.15) is 12.1 Å². The highest BCUT2D eigenvalue weighted by Gasteiger charge is 2.26. The molecule has 0 unspecified atom stereocenters. The maximum absolute atomic E-state index is 11.9. The van der Waals surface area contributed by atoms with Crippen molar-refractivity contribution in [3.63, 3.8) is 0 Å². The number of amides is 1. The molecule has 1 aromatic rings. The Morgan fingerprint density at radius 2 is 1.79 bits per heavy atom. The van der Waals surface area contributed by atoms with Crippen molar-refractivity contribution in [3.05, 3.63) is 35.9 Å². The quantitative estimate of drug-likeness (QED) is 0.613. The molecule has 1 amide bonds. The molecule has 7 heteroatoms. The summed E-state index contributed by atoms with van der Waals surface area (Å²) < 4.78 is 26.2. The first kappa shape index (κ1) is 15.6. The molecule has 19 heavy (non-hydrogen) atoms. The molecule has 0 saturated heterocycles. The van der Waals surface area contributed by atoms with Crippen molar-refractivity contribution in [2.45, 2.75) is 13.5 Å². The Bertz CT molecular complexity index is 492. The summed E-state index contributed by atoms with van der Waals surface area (Å²) in [5.41, 5.74) is 0.793. The molecular formula is C12H16NO5P. The third-order valence-corrected chi connectivity index (χ3v) is 4.19. The van der Waals surface area contributed by atoms with Gasteiger partial charge in [0.2, 0.25) is 0 Å². The van der Waals surface area contributed by atoms with Crippen LogP contribution in [-0.4, -0.2) is 25.8 Å². The number of hydrogen-bond donors (Lipinski definition) is 0. The van der Waals surface area contributed by atoms with Gasteiger partial charge in [-0.1, -0.05) is 30.3 Å². The van der Waals surface area contributed by atoms with Crippen molar-refractivity contribution in [1.82, 2.24) is 0 Å². The van der Waals surface area contributed by atoms with E-state index in [4.69, 9.17) is 13.8 Å². The number of carbonyl (C=O) groups is 1. The molecule has 0 aliphatic carbocycles. The van der Waals surface area contributed by atoms with Crippen LogP contribution in [0.4, 0.5) is 4.79 Å². The summed E-state index contributed by atoms with van der Waals surface area (Å²) in [6.45, 7) is 1.48. The van der Waals surface area contributed by atoms with Gasteiger partial charge >= 0.3 is 13.7 Å². The van der Waals surface area contributed by atoms with Crippen LogP contribution in [0.15, 0.2) is 35.3 Å². The summed E-state index contributed by atoms with van der Waals surface area (Å²) in [6.07, 6.45) is -0.837. The van der Waals surface area contributed by atoms with Crippen LogP contribution in [-0.2, 0) is 25.0 Å². The Kier molecular flexibility index (Phi) is 5.89. The zero-order valence-electron chi connectivity index (χ0n) is 11.0. The van der Waals surface area contributed by atoms with Gasteiger partial charge in [0.05, 0.1) is 0 Å². The number of carbonyl (C=O) groups excluding carboxylic acids is 1. The van der Waals surface area contributed by atoms with Crippen LogP contribution in [0.3, 0.4) is 0 Å². The Labute approximate surface area is 111 Å². The maximum atomic E-state index is 11.9. The predicted octanol–water partition coefficient (Wildman–Crippen LogP) is 3.23. The number of nitrogens with zero attached hydrogens (tertiary/aromatic N) is 1. The molecule has 0 aliphatic heterocycles. The lowest BCUT2D eigenvalue weighted by molar-refractivity contribution is 0.150. The predicted molar refractivity (Wildman–Crippen MR) is 71.4 cm³/mol. The van der Waals surface area contributed by atoms with Gasteiger partial charge in [-0.15, -0.1) is 0 Å². The van der Waals surface area contributed by atoms with Gasteiger partial charge in [0, 0.05) is 14.2 Å². The molecule has 0 heterocycles. The van der Waals surface area contributed by atoms with Gasteiger partial charge < -0.3 is 13.8 Å². The van der Waals surface area contributed by atoms with E-state index in [0.717, 1.165) is 5.56 Å². The monoisotopic (exact) mass is 285 g/mol. The average molecular weight is 285 g/mol. The Hall–Kier alpha value is -1.49. The minimum atomic E-state index is -3.47. The second kappa shape index (κ2) is 7.19. The molecule has 0 saturated carbocycles. The molecule has 1 rings (SSSR count). The Morgan fingerprint density at radius 1 is 1.21 bits per heavy atom. The molecule has 0 N–H and O–H groups in total. The first-order valence-corrected chi connectivity index (χ1v) is 7.04. The molecule has 0 atom stereocenters. The van der Waals surface area contributed by atoms with Gasteiger partial charge in [0.25, 0.3) is 0 Å². The average Bonchev–Trinajstić information content (AvgIpc) is 2.45. The van der Waals surface area contributed by atoms with Crippen LogP contribution in [0.2, 0.25) is 0 Å². The number of ether oxygens (including phenoxy) is 1. The van der Waals surface area contributed by atoms with E-state index in [9.17, 15) is 9.36 Å². The fourth-order valence-electron chi connectivity index (χ4n) is 1.28. The van der Waals surface area contributed by atoms with Crippen LogP contribution < -0.4 is 0 Å². The molecule has 0 spiro atoms. The van der Waals surface area contributed by atoms with Crippen LogP contribution >= 0.6 is 7.60 Å².